The first kappa shape index (κ1) is 14.6. The fourth-order valence-corrected chi connectivity index (χ4v) is 2.03. The number of nitrogens with one attached hydrogen (secondary N) is 1. The molecule has 5 nitrogen and oxygen atoms in total. The second-order valence-electron chi connectivity index (χ2n) is 4.60. The van der Waals surface area contributed by atoms with Crippen LogP contribution in [-0.4, -0.2) is 23.5 Å². The number of anilines is 1. The molecule has 0 radical (unpaired) electrons. The summed E-state index contributed by atoms with van der Waals surface area (Å²) >= 11 is 0. The molecule has 0 spiro atoms. The van der Waals surface area contributed by atoms with Gasteiger partial charge in [0.15, 0.2) is 0 Å². The molecule has 5 heteroatoms. The molecule has 1 atom stereocenters. The number of carbonyl (C=O) groups is 2. The van der Waals surface area contributed by atoms with Crippen molar-refractivity contribution in [3.8, 4) is 0 Å². The molecular weight excluding hydrogens is 268 g/mol. The van der Waals surface area contributed by atoms with Gasteiger partial charge < -0.3 is 16.2 Å². The van der Waals surface area contributed by atoms with Crippen molar-refractivity contribution in [1.29, 1.82) is 0 Å². The molecule has 0 heterocycles. The van der Waals surface area contributed by atoms with Gasteiger partial charge in [0, 0.05) is 12.2 Å². The summed E-state index contributed by atoms with van der Waals surface area (Å²) in [5.74, 6) is -2.15. The number of amides is 1. The van der Waals surface area contributed by atoms with Crippen LogP contribution < -0.4 is 11.1 Å². The first-order valence-electron chi connectivity index (χ1n) is 6.50. The predicted octanol–water partition coefficient (Wildman–Crippen LogP) is 1.87. The third-order valence-electron chi connectivity index (χ3n) is 3.17. The van der Waals surface area contributed by atoms with Gasteiger partial charge in [0.25, 0.3) is 5.91 Å². The number of nitrogens with two attached hydrogens (primary N) is 1. The van der Waals surface area contributed by atoms with E-state index in [0.717, 1.165) is 0 Å². The van der Waals surface area contributed by atoms with Gasteiger partial charge in [-0.1, -0.05) is 42.5 Å². The summed E-state index contributed by atoms with van der Waals surface area (Å²) in [5, 5.41) is 11.9. The summed E-state index contributed by atoms with van der Waals surface area (Å²) in [6, 6.07) is 15.5. The van der Waals surface area contributed by atoms with E-state index in [1.165, 1.54) is 0 Å². The second-order valence-corrected chi connectivity index (χ2v) is 4.60. The van der Waals surface area contributed by atoms with Crippen molar-refractivity contribution in [3.05, 3.63) is 65.7 Å². The van der Waals surface area contributed by atoms with Crippen LogP contribution in [0.4, 0.5) is 5.69 Å². The Kier molecular flexibility index (Phi) is 4.56. The van der Waals surface area contributed by atoms with Crippen LogP contribution in [0.1, 0.15) is 21.8 Å². The first-order valence-corrected chi connectivity index (χ1v) is 6.50. The first-order chi connectivity index (χ1) is 10.1. The summed E-state index contributed by atoms with van der Waals surface area (Å²) in [6.45, 7) is 0.00646. The molecule has 2 rings (SSSR count). The number of carbonyl (C=O) groups excluding carboxylic acids is 1. The van der Waals surface area contributed by atoms with Gasteiger partial charge in [0.2, 0.25) is 0 Å². The molecule has 108 valence electrons. The minimum absolute atomic E-state index is 0.00646. The van der Waals surface area contributed by atoms with E-state index in [0.29, 0.717) is 16.8 Å². The molecule has 21 heavy (non-hydrogen) atoms. The highest BCUT2D eigenvalue weighted by atomic mass is 16.4. The maximum Gasteiger partial charge on any atom is 0.312 e. The second kappa shape index (κ2) is 6.56. The molecule has 0 bridgehead atoms. The highest BCUT2D eigenvalue weighted by Gasteiger charge is 2.21. The Morgan fingerprint density at radius 1 is 1.05 bits per heavy atom. The van der Waals surface area contributed by atoms with E-state index in [-0.39, 0.29) is 12.5 Å². The van der Waals surface area contributed by atoms with Crippen LogP contribution in [0.25, 0.3) is 0 Å². The van der Waals surface area contributed by atoms with Crippen molar-refractivity contribution < 1.29 is 14.7 Å². The van der Waals surface area contributed by atoms with Crippen LogP contribution in [0.15, 0.2) is 54.6 Å². The molecular formula is C16H16N2O3. The normalized spacial score (nSPS) is 11.6. The third kappa shape index (κ3) is 3.60. The van der Waals surface area contributed by atoms with Crippen LogP contribution in [0, 0.1) is 0 Å². The van der Waals surface area contributed by atoms with Crippen molar-refractivity contribution in [3.63, 3.8) is 0 Å². The van der Waals surface area contributed by atoms with Crippen molar-refractivity contribution in [2.75, 3.05) is 12.3 Å². The van der Waals surface area contributed by atoms with Crippen molar-refractivity contribution in [2.24, 2.45) is 0 Å². The van der Waals surface area contributed by atoms with Crippen LogP contribution in [0.3, 0.4) is 0 Å². The zero-order valence-corrected chi connectivity index (χ0v) is 11.3. The van der Waals surface area contributed by atoms with Crippen LogP contribution in [0.2, 0.25) is 0 Å². The lowest BCUT2D eigenvalue weighted by Crippen LogP contribution is -2.32. The molecule has 0 aromatic heterocycles. The Labute approximate surface area is 122 Å². The van der Waals surface area contributed by atoms with Gasteiger partial charge in [0.05, 0.1) is 11.5 Å². The molecule has 0 saturated heterocycles. The van der Waals surface area contributed by atoms with Gasteiger partial charge >= 0.3 is 5.97 Å². The molecule has 1 unspecified atom stereocenters. The quantitative estimate of drug-likeness (QED) is 0.731. The van der Waals surface area contributed by atoms with Gasteiger partial charge in [-0.25, -0.2) is 0 Å². The fourth-order valence-electron chi connectivity index (χ4n) is 2.03. The van der Waals surface area contributed by atoms with E-state index in [1.54, 1.807) is 48.5 Å². The van der Waals surface area contributed by atoms with E-state index in [4.69, 9.17) is 5.73 Å². The zero-order chi connectivity index (χ0) is 15.2. The topological polar surface area (TPSA) is 92.4 Å². The molecule has 1 amide bonds. The van der Waals surface area contributed by atoms with Gasteiger partial charge in [-0.15, -0.1) is 0 Å². The number of hydrogen-bond donors (Lipinski definition) is 3. The number of aliphatic carboxylic acids is 1. The lowest BCUT2D eigenvalue weighted by molar-refractivity contribution is -0.138. The average molecular weight is 284 g/mol. The average Bonchev–Trinajstić information content (AvgIpc) is 2.48. The number of carboxylic acids is 1. The van der Waals surface area contributed by atoms with Crippen molar-refractivity contribution in [1.82, 2.24) is 5.32 Å². The lowest BCUT2D eigenvalue weighted by Gasteiger charge is -2.14. The summed E-state index contributed by atoms with van der Waals surface area (Å²) in [7, 11) is 0. The van der Waals surface area contributed by atoms with Crippen LogP contribution in [0.5, 0.6) is 0 Å². The number of rotatable bonds is 5. The van der Waals surface area contributed by atoms with Crippen LogP contribution >= 0.6 is 0 Å². The van der Waals surface area contributed by atoms with E-state index >= 15 is 0 Å². The monoisotopic (exact) mass is 284 g/mol. The molecule has 0 aliphatic carbocycles. The Bertz CT molecular complexity index is 641. The van der Waals surface area contributed by atoms with Crippen molar-refractivity contribution in [2.45, 2.75) is 5.92 Å². The van der Waals surface area contributed by atoms with E-state index in [2.05, 4.69) is 5.32 Å². The van der Waals surface area contributed by atoms with Gasteiger partial charge in [-0.2, -0.15) is 0 Å². The fraction of sp³-hybridized carbons (Fsp3) is 0.125. The Balaban J connectivity index is 2.08. The van der Waals surface area contributed by atoms with E-state index in [9.17, 15) is 14.7 Å². The third-order valence-corrected chi connectivity index (χ3v) is 3.17. The van der Waals surface area contributed by atoms with Gasteiger partial charge in [0.1, 0.15) is 0 Å². The maximum absolute atomic E-state index is 12.0. The maximum atomic E-state index is 12.0. The van der Waals surface area contributed by atoms with E-state index in [1.807, 2.05) is 6.07 Å². The minimum atomic E-state index is -0.984. The SMILES string of the molecule is Nc1ccccc1C(=O)NCC(C(=O)O)c1ccccc1. The minimum Gasteiger partial charge on any atom is -0.481 e. The highest BCUT2D eigenvalue weighted by molar-refractivity contribution is 5.99. The number of benzene rings is 2. The molecule has 0 aliphatic rings. The Morgan fingerprint density at radius 3 is 2.29 bits per heavy atom. The summed E-state index contributed by atoms with van der Waals surface area (Å²) in [4.78, 5) is 23.4. The molecule has 0 aliphatic heterocycles. The number of para-hydroxylation sites is 1. The van der Waals surface area contributed by atoms with E-state index < -0.39 is 11.9 Å². The smallest absolute Gasteiger partial charge is 0.312 e. The molecule has 4 N–H and O–H groups in total. The molecule has 2 aromatic carbocycles. The number of hydrogen-bond acceptors (Lipinski definition) is 3. The van der Waals surface area contributed by atoms with Gasteiger partial charge in [-0.05, 0) is 17.7 Å². The van der Waals surface area contributed by atoms with Gasteiger partial charge in [-0.3, -0.25) is 9.59 Å². The molecule has 2 aromatic rings. The zero-order valence-electron chi connectivity index (χ0n) is 11.3. The summed E-state index contributed by atoms with van der Waals surface area (Å²) in [6.07, 6.45) is 0. The van der Waals surface area contributed by atoms with Crippen molar-refractivity contribution >= 4 is 17.6 Å². The van der Waals surface area contributed by atoms with Crippen LogP contribution in [-0.2, 0) is 4.79 Å². The lowest BCUT2D eigenvalue weighted by atomic mass is 9.99. The summed E-state index contributed by atoms with van der Waals surface area (Å²) in [5.41, 5.74) is 7.07. The standard InChI is InChI=1S/C16H16N2O3/c17-14-9-5-4-8-12(14)15(19)18-10-13(16(20)21)11-6-2-1-3-7-11/h1-9,13H,10,17H2,(H,18,19)(H,20,21). The highest BCUT2D eigenvalue weighted by Crippen LogP contribution is 2.16. The number of nitrogen functional groups attached to an aromatic ring is 1. The Morgan fingerprint density at radius 2 is 1.67 bits per heavy atom. The Hall–Kier alpha value is -2.82. The largest absolute Gasteiger partial charge is 0.481 e. The molecule has 0 saturated carbocycles. The number of carboxylic acid groups (broad SMARTS) is 1. The molecule has 0 fully saturated rings. The predicted molar refractivity (Wildman–Crippen MR) is 80.0 cm³/mol. The summed E-state index contributed by atoms with van der Waals surface area (Å²) < 4.78 is 0.